The van der Waals surface area contributed by atoms with Gasteiger partial charge in [0.05, 0.1) is 59.5 Å². The minimum absolute atomic E-state index is 0.0600. The Balaban J connectivity index is 1.50. The number of aliphatic hydroxyl groups excluding tert-OH is 1. The summed E-state index contributed by atoms with van der Waals surface area (Å²) in [4.78, 5) is 24.4. The quantitative estimate of drug-likeness (QED) is 0.458. The maximum Gasteiger partial charge on any atom is 0.326 e. The van der Waals surface area contributed by atoms with Crippen molar-refractivity contribution in [2.75, 3.05) is 16.8 Å². The highest BCUT2D eigenvalue weighted by Crippen LogP contribution is 2.40. The second kappa shape index (κ2) is 7.40. The molecule has 4 aromatic heterocycles. The first-order chi connectivity index (χ1) is 15.3. The first-order valence-electron chi connectivity index (χ1n) is 9.59. The second-order valence-electron chi connectivity index (χ2n) is 7.86. The van der Waals surface area contributed by atoms with Gasteiger partial charge in [0.15, 0.2) is 16.6 Å². The summed E-state index contributed by atoms with van der Waals surface area (Å²) < 4.78 is 1.56. The van der Waals surface area contributed by atoms with Gasteiger partial charge in [0.1, 0.15) is 0 Å². The average Bonchev–Trinajstić information content (AvgIpc) is 3.39. The van der Waals surface area contributed by atoms with E-state index in [0.29, 0.717) is 28.5 Å². The van der Waals surface area contributed by atoms with Crippen LogP contribution in [0.15, 0.2) is 36.9 Å². The molecule has 0 bridgehead atoms. The van der Waals surface area contributed by atoms with E-state index in [4.69, 9.17) is 23.2 Å². The van der Waals surface area contributed by atoms with Gasteiger partial charge in [-0.25, -0.2) is 19.3 Å². The van der Waals surface area contributed by atoms with Gasteiger partial charge in [0.2, 0.25) is 0 Å². The molecule has 1 aliphatic rings. The van der Waals surface area contributed by atoms with Crippen LogP contribution in [0.3, 0.4) is 0 Å². The number of fused-ring (bicyclic) bond motifs is 3. The lowest BCUT2D eigenvalue weighted by molar-refractivity contribution is 0.0966. The van der Waals surface area contributed by atoms with E-state index in [0.717, 1.165) is 0 Å². The lowest BCUT2D eigenvalue weighted by Gasteiger charge is -2.42. The molecule has 0 radical (unpaired) electrons. The van der Waals surface area contributed by atoms with Crippen molar-refractivity contribution in [3.8, 4) is 5.82 Å². The molecular weight excluding hydrogens is 457 g/mol. The minimum Gasteiger partial charge on any atom is -0.390 e. The number of halogens is 2. The molecule has 2 amide bonds. The molecule has 1 atom stereocenters. The molecule has 11 nitrogen and oxygen atoms in total. The Morgan fingerprint density at radius 1 is 1.19 bits per heavy atom. The highest BCUT2D eigenvalue weighted by atomic mass is 35.5. The zero-order chi connectivity index (χ0) is 22.6. The number of nitrogens with one attached hydrogen (secondary N) is 1. The Labute approximate surface area is 191 Å². The van der Waals surface area contributed by atoms with Crippen LogP contribution in [-0.2, 0) is 5.41 Å². The number of carbonyl (C=O) groups is 1. The molecule has 0 saturated heterocycles. The number of anilines is 2. The lowest BCUT2D eigenvalue weighted by atomic mass is 9.79. The van der Waals surface area contributed by atoms with Crippen LogP contribution in [0.25, 0.3) is 11.5 Å². The van der Waals surface area contributed by atoms with Gasteiger partial charge in [-0.3, -0.25) is 4.90 Å². The molecular formula is C19H17Cl2N9O2. The van der Waals surface area contributed by atoms with Gasteiger partial charge in [0.25, 0.3) is 0 Å². The maximum absolute atomic E-state index is 13.2. The Kier molecular flexibility index (Phi) is 4.77. The molecule has 4 aromatic rings. The van der Waals surface area contributed by atoms with Gasteiger partial charge >= 0.3 is 6.03 Å². The third-order valence-corrected chi connectivity index (χ3v) is 5.91. The van der Waals surface area contributed by atoms with Crippen LogP contribution >= 0.6 is 23.2 Å². The molecule has 32 heavy (non-hydrogen) atoms. The number of pyridine rings is 1. The van der Waals surface area contributed by atoms with E-state index in [2.05, 4.69) is 30.6 Å². The Morgan fingerprint density at radius 3 is 2.66 bits per heavy atom. The van der Waals surface area contributed by atoms with Crippen molar-refractivity contribution in [3.63, 3.8) is 0 Å². The first kappa shape index (κ1) is 20.6. The van der Waals surface area contributed by atoms with Gasteiger partial charge < -0.3 is 10.4 Å². The standard InChI is InChI=1S/C19H17Cl2N9O2/c1-19(2)13(31)9-28(12-8-22-15-6-14(21)27-29(15)16(12)19)18(32)26-10-5-11(20)17(23-7-10)30-24-3-4-25-30/h3-8,13,31H,9H2,1-2H3,(H,26,32)/t13-/m1/s1. The van der Waals surface area contributed by atoms with Crippen LogP contribution < -0.4 is 10.2 Å². The van der Waals surface area contributed by atoms with Crippen LogP contribution in [0.2, 0.25) is 10.2 Å². The van der Waals surface area contributed by atoms with Gasteiger partial charge in [0, 0.05) is 11.5 Å². The third-order valence-electron chi connectivity index (χ3n) is 5.45. The number of amides is 2. The normalized spacial score (nSPS) is 17.4. The fourth-order valence-corrected chi connectivity index (χ4v) is 4.12. The highest BCUT2D eigenvalue weighted by molar-refractivity contribution is 6.32. The zero-order valence-corrected chi connectivity index (χ0v) is 18.4. The summed E-state index contributed by atoms with van der Waals surface area (Å²) in [7, 11) is 0. The molecule has 164 valence electrons. The molecule has 5 heterocycles. The number of aliphatic hydroxyl groups is 1. The fraction of sp³-hybridized carbons (Fsp3) is 0.263. The predicted molar refractivity (Wildman–Crippen MR) is 118 cm³/mol. The van der Waals surface area contributed by atoms with Crippen molar-refractivity contribution < 1.29 is 9.90 Å². The molecule has 13 heteroatoms. The summed E-state index contributed by atoms with van der Waals surface area (Å²) in [6, 6.07) is 2.68. The Hall–Kier alpha value is -3.28. The van der Waals surface area contributed by atoms with Crippen molar-refractivity contribution in [2.24, 2.45) is 0 Å². The van der Waals surface area contributed by atoms with E-state index in [1.165, 1.54) is 28.3 Å². The van der Waals surface area contributed by atoms with Crippen LogP contribution in [0.1, 0.15) is 19.5 Å². The molecule has 2 N–H and O–H groups in total. The van der Waals surface area contributed by atoms with Gasteiger partial charge in [-0.2, -0.15) is 15.3 Å². The van der Waals surface area contributed by atoms with Crippen LogP contribution in [0.4, 0.5) is 16.2 Å². The lowest BCUT2D eigenvalue weighted by Crippen LogP contribution is -2.53. The second-order valence-corrected chi connectivity index (χ2v) is 8.65. The van der Waals surface area contributed by atoms with E-state index >= 15 is 0 Å². The summed E-state index contributed by atoms with van der Waals surface area (Å²) in [5, 5.41) is 26.4. The maximum atomic E-state index is 13.2. The number of β-amino-alcohol motifs (C(OH)–C–C–N with tert-alkyl or cyclic N) is 1. The zero-order valence-electron chi connectivity index (χ0n) is 16.9. The van der Waals surface area contributed by atoms with E-state index in [9.17, 15) is 9.90 Å². The minimum atomic E-state index is -0.857. The van der Waals surface area contributed by atoms with Crippen molar-refractivity contribution in [1.82, 2.24) is 34.6 Å². The van der Waals surface area contributed by atoms with E-state index in [1.807, 2.05) is 13.8 Å². The number of hydrogen-bond acceptors (Lipinski definition) is 7. The van der Waals surface area contributed by atoms with Crippen LogP contribution in [-0.4, -0.2) is 58.4 Å². The van der Waals surface area contributed by atoms with Gasteiger partial charge in [-0.15, -0.1) is 4.80 Å². The average molecular weight is 474 g/mol. The van der Waals surface area contributed by atoms with Crippen LogP contribution in [0.5, 0.6) is 0 Å². The predicted octanol–water partition coefficient (Wildman–Crippen LogP) is 2.70. The monoisotopic (exact) mass is 473 g/mol. The van der Waals surface area contributed by atoms with E-state index < -0.39 is 17.6 Å². The smallest absolute Gasteiger partial charge is 0.326 e. The third kappa shape index (κ3) is 3.25. The largest absolute Gasteiger partial charge is 0.390 e. The molecule has 0 fully saturated rings. The number of nitrogens with zero attached hydrogens (tertiary/aromatic N) is 8. The van der Waals surface area contributed by atoms with Crippen molar-refractivity contribution >= 4 is 46.3 Å². The number of urea groups is 1. The molecule has 1 aliphatic heterocycles. The molecule has 0 aromatic carbocycles. The molecule has 0 spiro atoms. The topological polar surface area (TPSA) is 126 Å². The summed E-state index contributed by atoms with van der Waals surface area (Å²) in [5.41, 5.74) is 1.33. The first-order valence-corrected chi connectivity index (χ1v) is 10.3. The summed E-state index contributed by atoms with van der Waals surface area (Å²) in [6.07, 6.45) is 5.18. The van der Waals surface area contributed by atoms with Gasteiger partial charge in [-0.1, -0.05) is 37.0 Å². The molecule has 0 aliphatic carbocycles. The number of rotatable bonds is 2. The Bertz CT molecular complexity index is 1340. The van der Waals surface area contributed by atoms with E-state index in [1.54, 1.807) is 22.8 Å². The summed E-state index contributed by atoms with van der Waals surface area (Å²) in [6.45, 7) is 3.82. The number of aromatic nitrogens is 7. The van der Waals surface area contributed by atoms with Crippen molar-refractivity contribution in [3.05, 3.63) is 52.8 Å². The number of carbonyl (C=O) groups excluding carboxylic acids is 1. The molecule has 0 saturated carbocycles. The Morgan fingerprint density at radius 2 is 1.94 bits per heavy atom. The molecule has 0 unspecified atom stereocenters. The van der Waals surface area contributed by atoms with Crippen molar-refractivity contribution in [2.45, 2.75) is 25.4 Å². The number of hydrogen-bond donors (Lipinski definition) is 2. The van der Waals surface area contributed by atoms with Crippen molar-refractivity contribution in [1.29, 1.82) is 0 Å². The summed E-state index contributed by atoms with van der Waals surface area (Å²) >= 11 is 12.4. The summed E-state index contributed by atoms with van der Waals surface area (Å²) in [5.74, 6) is 0.331. The van der Waals surface area contributed by atoms with E-state index in [-0.39, 0.29) is 16.7 Å². The fourth-order valence-electron chi connectivity index (χ4n) is 3.71. The molecule has 5 rings (SSSR count). The highest BCUT2D eigenvalue weighted by Gasteiger charge is 2.43. The van der Waals surface area contributed by atoms with Gasteiger partial charge in [-0.05, 0) is 6.07 Å². The SMILES string of the molecule is CC1(C)c2c(cnc3cc(Cl)nn23)N(C(=O)Nc2cnc(-n3nccn3)c(Cl)c2)C[C@H]1O. The van der Waals surface area contributed by atoms with Crippen LogP contribution in [0, 0.1) is 0 Å².